The summed E-state index contributed by atoms with van der Waals surface area (Å²) in [5.74, 6) is 0.0892. The van der Waals surface area contributed by atoms with Crippen molar-refractivity contribution in [2.24, 2.45) is 0 Å². The van der Waals surface area contributed by atoms with E-state index in [1.54, 1.807) is 0 Å². The summed E-state index contributed by atoms with van der Waals surface area (Å²) in [6.45, 7) is 10.0. The number of anilines is 1. The number of unbranched alkanes of at least 4 members (excludes halogenated alkanes) is 1. The number of hydrogen-bond donors (Lipinski definition) is 2. The van der Waals surface area contributed by atoms with Gasteiger partial charge in [-0.3, -0.25) is 4.79 Å². The smallest absolute Gasteiger partial charge is 0.224 e. The minimum atomic E-state index is 0.0892. The molecular weight excluding hydrogens is 288 g/mol. The van der Waals surface area contributed by atoms with Crippen LogP contribution in [0.3, 0.4) is 0 Å². The minimum Gasteiger partial charge on any atom is -0.399 e. The van der Waals surface area contributed by atoms with E-state index in [1.807, 2.05) is 24.3 Å². The van der Waals surface area contributed by atoms with Gasteiger partial charge in [0, 0.05) is 38.4 Å². The van der Waals surface area contributed by atoms with Crippen molar-refractivity contribution in [3.63, 3.8) is 0 Å². The first kappa shape index (κ1) is 17.8. The minimum absolute atomic E-state index is 0.0892. The van der Waals surface area contributed by atoms with Gasteiger partial charge in [0.2, 0.25) is 5.91 Å². The molecule has 0 aliphatic carbocycles. The van der Waals surface area contributed by atoms with Crippen molar-refractivity contribution in [3.8, 4) is 0 Å². The van der Waals surface area contributed by atoms with Crippen molar-refractivity contribution in [1.82, 2.24) is 15.1 Å². The van der Waals surface area contributed by atoms with Gasteiger partial charge in [0.25, 0.3) is 0 Å². The second kappa shape index (κ2) is 9.53. The van der Waals surface area contributed by atoms with Crippen molar-refractivity contribution >= 4 is 11.6 Å². The Labute approximate surface area is 139 Å². The Morgan fingerprint density at radius 1 is 1.09 bits per heavy atom. The Morgan fingerprint density at radius 2 is 1.74 bits per heavy atom. The van der Waals surface area contributed by atoms with Crippen LogP contribution >= 0.6 is 0 Å². The highest BCUT2D eigenvalue weighted by atomic mass is 16.1. The van der Waals surface area contributed by atoms with Crippen molar-refractivity contribution in [2.45, 2.75) is 26.2 Å². The van der Waals surface area contributed by atoms with Gasteiger partial charge in [-0.1, -0.05) is 19.1 Å². The highest BCUT2D eigenvalue weighted by molar-refractivity contribution is 5.78. The van der Waals surface area contributed by atoms with E-state index in [2.05, 4.69) is 22.0 Å². The van der Waals surface area contributed by atoms with E-state index in [-0.39, 0.29) is 5.91 Å². The summed E-state index contributed by atoms with van der Waals surface area (Å²) >= 11 is 0. The molecule has 3 N–H and O–H groups in total. The lowest BCUT2D eigenvalue weighted by molar-refractivity contribution is -0.120. The second-order valence-corrected chi connectivity index (χ2v) is 6.25. The maximum absolute atomic E-state index is 11.9. The van der Waals surface area contributed by atoms with Crippen molar-refractivity contribution < 1.29 is 4.79 Å². The van der Waals surface area contributed by atoms with Gasteiger partial charge in [-0.25, -0.2) is 0 Å². The zero-order valence-electron chi connectivity index (χ0n) is 14.3. The molecular formula is C18H30N4O. The number of nitrogen functional groups attached to an aromatic ring is 1. The van der Waals surface area contributed by atoms with E-state index in [4.69, 9.17) is 5.73 Å². The maximum atomic E-state index is 11.9. The first-order chi connectivity index (χ1) is 11.2. The molecule has 128 valence electrons. The van der Waals surface area contributed by atoms with Crippen LogP contribution in [0.4, 0.5) is 5.69 Å². The predicted molar refractivity (Wildman–Crippen MR) is 95.4 cm³/mol. The largest absolute Gasteiger partial charge is 0.399 e. The SMILES string of the molecule is CCN1CCN(CCCCNC(=O)Cc2ccc(N)cc2)CC1. The molecule has 1 saturated heterocycles. The van der Waals surface area contributed by atoms with Crippen LogP contribution in [0.1, 0.15) is 25.3 Å². The second-order valence-electron chi connectivity index (χ2n) is 6.25. The Kier molecular flexibility index (Phi) is 7.36. The molecule has 0 atom stereocenters. The highest BCUT2D eigenvalue weighted by Crippen LogP contribution is 2.06. The normalized spacial score (nSPS) is 16.4. The number of nitrogens with two attached hydrogens (primary N) is 1. The van der Waals surface area contributed by atoms with Crippen LogP contribution in [0.5, 0.6) is 0 Å². The summed E-state index contributed by atoms with van der Waals surface area (Å²) in [4.78, 5) is 16.9. The van der Waals surface area contributed by atoms with Gasteiger partial charge < -0.3 is 20.9 Å². The molecule has 0 aromatic heterocycles. The molecule has 1 heterocycles. The molecule has 5 heteroatoms. The fourth-order valence-electron chi connectivity index (χ4n) is 2.90. The summed E-state index contributed by atoms with van der Waals surface area (Å²) in [5.41, 5.74) is 7.38. The van der Waals surface area contributed by atoms with Gasteiger partial charge in [-0.15, -0.1) is 0 Å². The van der Waals surface area contributed by atoms with E-state index in [0.717, 1.165) is 43.7 Å². The number of nitrogens with zero attached hydrogens (tertiary/aromatic N) is 2. The molecule has 1 fully saturated rings. The van der Waals surface area contributed by atoms with Crippen LogP contribution in [0.2, 0.25) is 0 Å². The Bertz CT molecular complexity index is 466. The lowest BCUT2D eigenvalue weighted by Gasteiger charge is -2.33. The molecule has 0 radical (unpaired) electrons. The zero-order valence-corrected chi connectivity index (χ0v) is 14.3. The van der Waals surface area contributed by atoms with Crippen LogP contribution in [-0.2, 0) is 11.2 Å². The first-order valence-electron chi connectivity index (χ1n) is 8.73. The van der Waals surface area contributed by atoms with E-state index in [1.165, 1.54) is 26.2 Å². The molecule has 0 spiro atoms. The molecule has 0 saturated carbocycles. The number of rotatable bonds is 8. The van der Waals surface area contributed by atoms with Gasteiger partial charge in [0.05, 0.1) is 6.42 Å². The van der Waals surface area contributed by atoms with E-state index in [9.17, 15) is 4.79 Å². The first-order valence-corrected chi connectivity index (χ1v) is 8.73. The average Bonchev–Trinajstić information content (AvgIpc) is 2.57. The molecule has 23 heavy (non-hydrogen) atoms. The Morgan fingerprint density at radius 3 is 2.39 bits per heavy atom. The Hall–Kier alpha value is -1.59. The standard InChI is InChI=1S/C18H30N4O/c1-2-21-11-13-22(14-12-21)10-4-3-9-20-18(23)15-16-5-7-17(19)8-6-16/h5-8H,2-4,9-15,19H2,1H3,(H,20,23). The number of carbonyl (C=O) groups excluding carboxylic acids is 1. The van der Waals surface area contributed by atoms with E-state index in [0.29, 0.717) is 6.42 Å². The zero-order chi connectivity index (χ0) is 16.5. The monoisotopic (exact) mass is 318 g/mol. The lowest BCUT2D eigenvalue weighted by atomic mass is 10.1. The third kappa shape index (κ3) is 6.59. The van der Waals surface area contributed by atoms with Crippen LogP contribution in [0, 0.1) is 0 Å². The lowest BCUT2D eigenvalue weighted by Crippen LogP contribution is -2.46. The summed E-state index contributed by atoms with van der Waals surface area (Å²) in [6.07, 6.45) is 2.62. The van der Waals surface area contributed by atoms with Gasteiger partial charge in [-0.05, 0) is 43.6 Å². The van der Waals surface area contributed by atoms with Gasteiger partial charge >= 0.3 is 0 Å². The van der Waals surface area contributed by atoms with Gasteiger partial charge in [-0.2, -0.15) is 0 Å². The summed E-state index contributed by atoms with van der Waals surface area (Å²) in [6, 6.07) is 7.48. The molecule has 1 aromatic carbocycles. The maximum Gasteiger partial charge on any atom is 0.224 e. The highest BCUT2D eigenvalue weighted by Gasteiger charge is 2.14. The molecule has 0 unspecified atom stereocenters. The molecule has 1 aromatic rings. The summed E-state index contributed by atoms with van der Waals surface area (Å²) in [7, 11) is 0. The summed E-state index contributed by atoms with van der Waals surface area (Å²) < 4.78 is 0. The van der Waals surface area contributed by atoms with E-state index < -0.39 is 0 Å². The van der Waals surface area contributed by atoms with Crippen LogP contribution in [0.15, 0.2) is 24.3 Å². The number of hydrogen-bond acceptors (Lipinski definition) is 4. The van der Waals surface area contributed by atoms with Gasteiger partial charge in [0.15, 0.2) is 0 Å². The average molecular weight is 318 g/mol. The number of likely N-dealkylation sites (N-methyl/N-ethyl adjacent to an activating group) is 1. The van der Waals surface area contributed by atoms with Crippen LogP contribution in [-0.4, -0.2) is 61.5 Å². The molecule has 0 bridgehead atoms. The number of carbonyl (C=O) groups is 1. The quantitative estimate of drug-likeness (QED) is 0.561. The molecule has 1 aliphatic rings. The topological polar surface area (TPSA) is 61.6 Å². The third-order valence-electron chi connectivity index (χ3n) is 4.48. The van der Waals surface area contributed by atoms with E-state index >= 15 is 0 Å². The third-order valence-corrected chi connectivity index (χ3v) is 4.48. The molecule has 5 nitrogen and oxygen atoms in total. The fraction of sp³-hybridized carbons (Fsp3) is 0.611. The summed E-state index contributed by atoms with van der Waals surface area (Å²) in [5, 5.41) is 3.00. The van der Waals surface area contributed by atoms with Crippen LogP contribution < -0.4 is 11.1 Å². The molecule has 2 rings (SSSR count). The van der Waals surface area contributed by atoms with Crippen molar-refractivity contribution in [3.05, 3.63) is 29.8 Å². The van der Waals surface area contributed by atoms with Crippen molar-refractivity contribution in [2.75, 3.05) is 51.5 Å². The fourth-order valence-corrected chi connectivity index (χ4v) is 2.90. The predicted octanol–water partition coefficient (Wildman–Crippen LogP) is 1.35. The number of piperazine rings is 1. The van der Waals surface area contributed by atoms with Crippen LogP contribution in [0.25, 0.3) is 0 Å². The number of amides is 1. The van der Waals surface area contributed by atoms with Gasteiger partial charge in [0.1, 0.15) is 0 Å². The van der Waals surface area contributed by atoms with Crippen molar-refractivity contribution in [1.29, 1.82) is 0 Å². The molecule has 1 aliphatic heterocycles. The Balaban J connectivity index is 1.52. The number of nitrogens with one attached hydrogen (secondary N) is 1. The number of benzene rings is 1. The molecule has 1 amide bonds.